The van der Waals surface area contributed by atoms with Crippen molar-refractivity contribution in [3.05, 3.63) is 23.8 Å². The molecular formula is C76H170O9. The summed E-state index contributed by atoms with van der Waals surface area (Å²) in [6, 6.07) is 0. The summed E-state index contributed by atoms with van der Waals surface area (Å²) in [5.41, 5.74) is 1.63. The average molecular weight is 1230 g/mol. The maximum absolute atomic E-state index is 10.8. The second-order valence-electron chi connectivity index (χ2n) is 28.1. The summed E-state index contributed by atoms with van der Waals surface area (Å²) in [6.07, 6.45) is 13.8. The van der Waals surface area contributed by atoms with Gasteiger partial charge in [0.1, 0.15) is 17.3 Å². The quantitative estimate of drug-likeness (QED) is 0.0926. The molecule has 0 spiro atoms. The van der Waals surface area contributed by atoms with Crippen LogP contribution in [0.25, 0.3) is 0 Å². The second-order valence-corrected chi connectivity index (χ2v) is 28.1. The third-order valence-electron chi connectivity index (χ3n) is 12.8. The predicted octanol–water partition coefficient (Wildman–Crippen LogP) is 22.9. The molecule has 0 bridgehead atoms. The first-order valence-corrected chi connectivity index (χ1v) is 31.8. The number of carbonyl (C=O) groups excluding carboxylic acids is 3. The molecule has 6 unspecified atom stereocenters. The Bertz CT molecular complexity index is 1390. The van der Waals surface area contributed by atoms with Gasteiger partial charge in [0.05, 0.1) is 48.3 Å². The van der Waals surface area contributed by atoms with Gasteiger partial charge in [0, 0.05) is 36.0 Å². The molecule has 2 aliphatic heterocycles. The molecule has 0 amide bonds. The summed E-state index contributed by atoms with van der Waals surface area (Å²) >= 11 is 0. The molecule has 0 aromatic rings. The lowest BCUT2D eigenvalue weighted by Gasteiger charge is -2.24. The Hall–Kier alpha value is -1.75. The highest BCUT2D eigenvalue weighted by atomic mass is 16.6. The third-order valence-corrected chi connectivity index (χ3v) is 12.8. The lowest BCUT2D eigenvalue weighted by molar-refractivity contribution is -0.126. The summed E-state index contributed by atoms with van der Waals surface area (Å²) in [6.45, 7) is 77.3. The summed E-state index contributed by atoms with van der Waals surface area (Å²) in [7, 11) is 0. The topological polar surface area (TPSA) is 157 Å². The number of hydrogen-bond donors (Lipinski definition) is 4. The van der Waals surface area contributed by atoms with E-state index >= 15 is 0 Å². The van der Waals surface area contributed by atoms with E-state index in [2.05, 4.69) is 94.4 Å². The molecule has 0 aromatic carbocycles. The maximum Gasteiger partial charge on any atom is 0.137 e. The van der Waals surface area contributed by atoms with E-state index in [4.69, 9.17) is 14.6 Å². The van der Waals surface area contributed by atoms with Crippen LogP contribution in [-0.4, -0.2) is 86.1 Å². The van der Waals surface area contributed by atoms with Crippen molar-refractivity contribution in [2.45, 2.75) is 394 Å². The lowest BCUT2D eigenvalue weighted by Crippen LogP contribution is -2.24. The summed E-state index contributed by atoms with van der Waals surface area (Å²) < 4.78 is 10.4. The number of epoxide rings is 2. The molecule has 6 atom stereocenters. The van der Waals surface area contributed by atoms with Crippen molar-refractivity contribution in [2.24, 2.45) is 63.6 Å². The van der Waals surface area contributed by atoms with Crippen molar-refractivity contribution >= 4 is 17.3 Å². The summed E-state index contributed by atoms with van der Waals surface area (Å²) in [5.74, 6) is 4.32. The number of aliphatic hydroxyl groups is 4. The molecule has 2 rings (SSSR count). The van der Waals surface area contributed by atoms with E-state index in [-0.39, 0.29) is 101 Å². The van der Waals surface area contributed by atoms with Crippen LogP contribution < -0.4 is 0 Å². The van der Waals surface area contributed by atoms with Crippen molar-refractivity contribution in [3.63, 3.8) is 0 Å². The Labute approximate surface area is 540 Å². The number of Topliss-reactive ketones (excluding diaryl/α,β-unsaturated/α-hetero) is 3. The van der Waals surface area contributed by atoms with Gasteiger partial charge in [-0.25, -0.2) is 0 Å². The molecule has 2 saturated heterocycles. The van der Waals surface area contributed by atoms with Crippen LogP contribution in [0, 0.1) is 63.6 Å². The number of aliphatic hydroxyl groups excluding tert-OH is 4. The van der Waals surface area contributed by atoms with E-state index in [1.54, 1.807) is 0 Å². The zero-order valence-electron chi connectivity index (χ0n) is 61.2. The standard InChI is InChI=1S/2C7H16O.C7H14O.C7H16O.C7H14O.2C6H12O.C6H14O.C6H12O.2C6H12.5CH4/c3*1-5-6(8)7(2,3)4;2*1-5(2)7(8)6(3)4;1-4-5-6(2,3)7-5;1-4(2)6-5(3)7-6;2*1-4-6(7)5(2)3;2*1-4-5-6(2)3;;;;;/h2*6,8H,5H2,1-4H3;5H2,1-4H3;5-8H,1-4H3;5-6H,1-4H3;5H,4H2,1-3H3;4-6H,1-3H3;5-7H,4H2,1-3H3;5H,4H2,1-3H3;5H,4H2,1-3H3;4-6H,1-3H3;5*1H4. The van der Waals surface area contributed by atoms with Crippen molar-refractivity contribution in [2.75, 3.05) is 0 Å². The molecule has 2 heterocycles. The van der Waals surface area contributed by atoms with Gasteiger partial charge in [-0.1, -0.05) is 282 Å². The number of carbonyl (C=O) groups is 3. The minimum atomic E-state index is -0.150. The normalized spacial score (nSPS) is 15.8. The first kappa shape index (κ1) is 117. The molecule has 0 aromatic heterocycles. The largest absolute Gasteiger partial charge is 0.393 e. The monoisotopic (exact) mass is 1230 g/mol. The Kier molecular flexibility index (Phi) is 90.1. The number of hydrogen-bond acceptors (Lipinski definition) is 9. The molecular weight excluding hydrogens is 1060 g/mol. The average Bonchev–Trinajstić information content (AvgIpc) is 4.24. The first-order valence-electron chi connectivity index (χ1n) is 31.8. The van der Waals surface area contributed by atoms with Gasteiger partial charge in [-0.05, 0) is 114 Å². The molecule has 0 aliphatic carbocycles. The van der Waals surface area contributed by atoms with Gasteiger partial charge >= 0.3 is 0 Å². The second kappa shape index (κ2) is 65.2. The molecule has 4 N–H and O–H groups in total. The Morgan fingerprint density at radius 2 is 0.882 bits per heavy atom. The van der Waals surface area contributed by atoms with Crippen LogP contribution in [0.2, 0.25) is 0 Å². The number of ketones is 3. The van der Waals surface area contributed by atoms with Gasteiger partial charge < -0.3 is 29.9 Å². The van der Waals surface area contributed by atoms with E-state index in [9.17, 15) is 29.7 Å². The fraction of sp³-hybridized carbons (Fsp3) is 0.908. The van der Waals surface area contributed by atoms with Crippen LogP contribution in [0.15, 0.2) is 23.8 Å². The van der Waals surface area contributed by atoms with Gasteiger partial charge in [-0.15, -0.1) is 0 Å². The van der Waals surface area contributed by atoms with E-state index < -0.39 is 0 Å². The Morgan fingerprint density at radius 3 is 0.882 bits per heavy atom. The van der Waals surface area contributed by atoms with Crippen LogP contribution in [0.3, 0.4) is 0 Å². The minimum absolute atomic E-state index is 0. The van der Waals surface area contributed by atoms with E-state index in [0.29, 0.717) is 66.3 Å². The van der Waals surface area contributed by atoms with Crippen LogP contribution in [0.1, 0.15) is 345 Å². The van der Waals surface area contributed by atoms with Crippen LogP contribution >= 0.6 is 0 Å². The molecule has 2 aliphatic rings. The number of rotatable bonds is 15. The third kappa shape index (κ3) is 88.8. The van der Waals surface area contributed by atoms with Crippen molar-refractivity contribution in [1.29, 1.82) is 0 Å². The van der Waals surface area contributed by atoms with Crippen molar-refractivity contribution in [3.8, 4) is 0 Å². The number of allylic oxidation sites excluding steroid dienone is 4. The van der Waals surface area contributed by atoms with Gasteiger partial charge in [-0.3, -0.25) is 14.4 Å². The van der Waals surface area contributed by atoms with Crippen molar-refractivity contribution < 1.29 is 44.3 Å². The molecule has 0 saturated carbocycles. The fourth-order valence-corrected chi connectivity index (χ4v) is 6.67. The van der Waals surface area contributed by atoms with Crippen molar-refractivity contribution in [1.82, 2.24) is 0 Å². The summed E-state index contributed by atoms with van der Waals surface area (Å²) in [5, 5.41) is 36.5. The Morgan fingerprint density at radius 1 is 0.553 bits per heavy atom. The highest BCUT2D eigenvalue weighted by molar-refractivity contribution is 5.83. The van der Waals surface area contributed by atoms with E-state index in [1.165, 1.54) is 12.0 Å². The van der Waals surface area contributed by atoms with E-state index in [0.717, 1.165) is 37.5 Å². The van der Waals surface area contributed by atoms with E-state index in [1.807, 2.05) is 187 Å². The maximum atomic E-state index is 10.8. The Balaban J connectivity index is -0.0000000541. The first-order chi connectivity index (χ1) is 35.8. The number of ether oxygens (including phenoxy) is 2. The molecule has 0 radical (unpaired) electrons. The highest BCUT2D eigenvalue weighted by Crippen LogP contribution is 2.37. The van der Waals surface area contributed by atoms with Crippen LogP contribution in [0.5, 0.6) is 0 Å². The predicted molar refractivity (Wildman–Crippen MR) is 389 cm³/mol. The SMILES string of the molecule is C.C.C.C.C.CC(C)C(=O)C(C)C.CC(C)C(O)C(C)C.CC(C)C1OC1C.CC=CC(C)C.CCC(=O)C(C)(C)C.CCC(=O)C(C)C.CCC(O)C(C)(C)C.CCC(O)C(C)(C)C.CCC(O)C(C)C.CCC1OC1(C)C.CCC=C(C)C. The van der Waals surface area contributed by atoms with Gasteiger partial charge in [-0.2, -0.15) is 0 Å². The lowest BCUT2D eigenvalue weighted by atomic mass is 9.88. The van der Waals surface area contributed by atoms with Gasteiger partial charge in [0.15, 0.2) is 0 Å². The molecule has 9 heteroatoms. The smallest absolute Gasteiger partial charge is 0.137 e. The van der Waals surface area contributed by atoms with Gasteiger partial charge in [0.25, 0.3) is 0 Å². The molecule has 528 valence electrons. The fourth-order valence-electron chi connectivity index (χ4n) is 6.67. The van der Waals surface area contributed by atoms with Crippen LogP contribution in [0.4, 0.5) is 0 Å². The van der Waals surface area contributed by atoms with Crippen LogP contribution in [-0.2, 0) is 23.9 Å². The minimum Gasteiger partial charge on any atom is -0.393 e. The molecule has 85 heavy (non-hydrogen) atoms. The zero-order chi connectivity index (χ0) is 66.5. The zero-order valence-corrected chi connectivity index (χ0v) is 61.2. The highest BCUT2D eigenvalue weighted by Gasteiger charge is 2.45. The molecule has 9 nitrogen and oxygen atoms in total. The summed E-state index contributed by atoms with van der Waals surface area (Å²) in [4.78, 5) is 32.2. The molecule has 2 fully saturated rings. The van der Waals surface area contributed by atoms with Gasteiger partial charge in [0.2, 0.25) is 0 Å².